The van der Waals surface area contributed by atoms with Crippen LogP contribution in [0.25, 0.3) is 0 Å². The van der Waals surface area contributed by atoms with Crippen molar-refractivity contribution in [1.29, 1.82) is 0 Å². The molecular weight excluding hydrogens is 424 g/mol. The molecule has 7 nitrogen and oxygen atoms in total. The number of hydrogen-bond acceptors (Lipinski definition) is 5. The normalized spacial score (nSPS) is 18.6. The monoisotopic (exact) mass is 456 g/mol. The summed E-state index contributed by atoms with van der Waals surface area (Å²) in [6, 6.07) is 19.0. The molecule has 8 heteroatoms. The molecule has 0 spiro atoms. The van der Waals surface area contributed by atoms with Crippen LogP contribution in [0.3, 0.4) is 0 Å². The molecule has 0 atom stereocenters. The summed E-state index contributed by atoms with van der Waals surface area (Å²) in [5.41, 5.74) is 1.27. The summed E-state index contributed by atoms with van der Waals surface area (Å²) in [6.07, 6.45) is 1.36. The van der Waals surface area contributed by atoms with Gasteiger partial charge in [-0.05, 0) is 37.2 Å². The van der Waals surface area contributed by atoms with Crippen LogP contribution < -0.4 is 4.90 Å². The molecule has 172 valence electrons. The van der Waals surface area contributed by atoms with Crippen molar-refractivity contribution in [3.05, 3.63) is 60.7 Å². The third kappa shape index (κ3) is 5.49. The highest BCUT2D eigenvalue weighted by Gasteiger charge is 2.29. The predicted octanol–water partition coefficient (Wildman–Crippen LogP) is 2.12. The van der Waals surface area contributed by atoms with Crippen molar-refractivity contribution in [3.8, 4) is 0 Å². The van der Waals surface area contributed by atoms with Gasteiger partial charge in [-0.25, -0.2) is 8.42 Å². The number of benzene rings is 2. The molecule has 2 saturated heterocycles. The summed E-state index contributed by atoms with van der Waals surface area (Å²) in [6.45, 7) is 6.59. The van der Waals surface area contributed by atoms with Gasteiger partial charge in [-0.1, -0.05) is 36.4 Å². The van der Waals surface area contributed by atoms with E-state index in [4.69, 9.17) is 0 Å². The Morgan fingerprint density at radius 2 is 1.34 bits per heavy atom. The van der Waals surface area contributed by atoms with Crippen LogP contribution in [-0.2, 0) is 14.8 Å². The number of para-hydroxylation sites is 1. The van der Waals surface area contributed by atoms with Gasteiger partial charge in [-0.3, -0.25) is 9.69 Å². The molecule has 0 aliphatic carbocycles. The van der Waals surface area contributed by atoms with Gasteiger partial charge >= 0.3 is 0 Å². The summed E-state index contributed by atoms with van der Waals surface area (Å²) in [5.74, 6) is 0.129. The lowest BCUT2D eigenvalue weighted by atomic mass is 10.2. The van der Waals surface area contributed by atoms with E-state index in [2.05, 4.69) is 34.1 Å². The molecule has 2 heterocycles. The molecule has 2 aliphatic heterocycles. The van der Waals surface area contributed by atoms with E-state index in [1.807, 2.05) is 11.0 Å². The lowest BCUT2D eigenvalue weighted by Crippen LogP contribution is -2.50. The van der Waals surface area contributed by atoms with Crippen LogP contribution in [0, 0.1) is 0 Å². The minimum absolute atomic E-state index is 0.129. The Labute approximate surface area is 191 Å². The quantitative estimate of drug-likeness (QED) is 0.639. The van der Waals surface area contributed by atoms with Crippen molar-refractivity contribution < 1.29 is 13.2 Å². The second kappa shape index (κ2) is 10.5. The van der Waals surface area contributed by atoms with E-state index in [-0.39, 0.29) is 5.91 Å². The van der Waals surface area contributed by atoms with Gasteiger partial charge in [0.1, 0.15) is 0 Å². The maximum atomic E-state index is 12.7. The van der Waals surface area contributed by atoms with Gasteiger partial charge in [-0.2, -0.15) is 4.31 Å². The molecule has 0 radical (unpaired) electrons. The number of nitrogens with zero attached hydrogens (tertiary/aromatic N) is 4. The van der Waals surface area contributed by atoms with Crippen LogP contribution >= 0.6 is 0 Å². The van der Waals surface area contributed by atoms with E-state index in [1.54, 1.807) is 30.3 Å². The van der Waals surface area contributed by atoms with E-state index >= 15 is 0 Å². The number of hydrogen-bond donors (Lipinski definition) is 0. The summed E-state index contributed by atoms with van der Waals surface area (Å²) < 4.78 is 27.0. The zero-order chi connectivity index (χ0) is 22.4. The minimum Gasteiger partial charge on any atom is -0.369 e. The van der Waals surface area contributed by atoms with E-state index in [0.717, 1.165) is 39.1 Å². The lowest BCUT2D eigenvalue weighted by Gasteiger charge is -2.36. The van der Waals surface area contributed by atoms with Crippen molar-refractivity contribution in [2.24, 2.45) is 0 Å². The second-order valence-electron chi connectivity index (χ2n) is 8.37. The first-order valence-corrected chi connectivity index (χ1v) is 12.8. The topological polar surface area (TPSA) is 64.2 Å². The Kier molecular flexibility index (Phi) is 7.44. The fraction of sp³-hybridized carbons (Fsp3) is 0.458. The van der Waals surface area contributed by atoms with Crippen LogP contribution in [0.4, 0.5) is 5.69 Å². The van der Waals surface area contributed by atoms with E-state index in [9.17, 15) is 13.2 Å². The summed E-state index contributed by atoms with van der Waals surface area (Å²) in [4.78, 5) is 19.6. The Morgan fingerprint density at radius 3 is 1.97 bits per heavy atom. The number of anilines is 1. The van der Waals surface area contributed by atoms with Gasteiger partial charge in [0, 0.05) is 64.5 Å². The first-order chi connectivity index (χ1) is 15.5. The average molecular weight is 457 g/mol. The van der Waals surface area contributed by atoms with Gasteiger partial charge in [0.15, 0.2) is 0 Å². The Morgan fingerprint density at radius 1 is 0.750 bits per heavy atom. The Balaban J connectivity index is 1.16. The molecular formula is C24H32N4O3S. The predicted molar refractivity (Wildman–Crippen MR) is 126 cm³/mol. The molecule has 0 saturated carbocycles. The standard InChI is InChI=1S/C24H32N4O3S/c29-24(12-7-13-25-14-16-26(17-15-25)22-8-3-1-4-9-22)27-18-20-28(21-19-27)32(30,31)23-10-5-2-6-11-23/h1-6,8-11H,7,12-21H2. The SMILES string of the molecule is O=C(CCCN1CCN(c2ccccc2)CC1)N1CCN(S(=O)(=O)c2ccccc2)CC1. The van der Waals surface area contributed by atoms with E-state index < -0.39 is 10.0 Å². The number of sulfonamides is 1. The van der Waals surface area contributed by atoms with Crippen molar-refractivity contribution in [1.82, 2.24) is 14.1 Å². The maximum Gasteiger partial charge on any atom is 0.243 e. The van der Waals surface area contributed by atoms with Gasteiger partial charge in [0.05, 0.1) is 4.90 Å². The number of piperazine rings is 2. The zero-order valence-electron chi connectivity index (χ0n) is 18.5. The van der Waals surface area contributed by atoms with Crippen molar-refractivity contribution in [2.45, 2.75) is 17.7 Å². The van der Waals surface area contributed by atoms with Gasteiger partial charge in [-0.15, -0.1) is 0 Å². The van der Waals surface area contributed by atoms with E-state index in [0.29, 0.717) is 37.5 Å². The Bertz CT molecular complexity index is 969. The van der Waals surface area contributed by atoms with Crippen LogP contribution in [0.15, 0.2) is 65.6 Å². The largest absolute Gasteiger partial charge is 0.369 e. The fourth-order valence-electron chi connectivity index (χ4n) is 4.40. The van der Waals surface area contributed by atoms with Gasteiger partial charge < -0.3 is 9.80 Å². The van der Waals surface area contributed by atoms with Crippen LogP contribution in [0.2, 0.25) is 0 Å². The third-order valence-corrected chi connectivity index (χ3v) is 8.24. The molecule has 0 bridgehead atoms. The van der Waals surface area contributed by atoms with Gasteiger partial charge in [0.25, 0.3) is 0 Å². The van der Waals surface area contributed by atoms with Crippen molar-refractivity contribution in [3.63, 3.8) is 0 Å². The van der Waals surface area contributed by atoms with Crippen molar-refractivity contribution >= 4 is 21.6 Å². The number of carbonyl (C=O) groups is 1. The molecule has 2 aromatic carbocycles. The summed E-state index contributed by atoms with van der Waals surface area (Å²) in [5, 5.41) is 0. The highest BCUT2D eigenvalue weighted by molar-refractivity contribution is 7.89. The third-order valence-electron chi connectivity index (χ3n) is 6.33. The molecule has 0 unspecified atom stereocenters. The van der Waals surface area contributed by atoms with Gasteiger partial charge in [0.2, 0.25) is 15.9 Å². The number of amides is 1. The summed E-state index contributed by atoms with van der Waals surface area (Å²) >= 11 is 0. The molecule has 32 heavy (non-hydrogen) atoms. The molecule has 2 aromatic rings. The van der Waals surface area contributed by atoms with Crippen molar-refractivity contribution in [2.75, 3.05) is 63.8 Å². The van der Waals surface area contributed by atoms with Crippen LogP contribution in [0.5, 0.6) is 0 Å². The maximum absolute atomic E-state index is 12.7. The molecule has 0 N–H and O–H groups in total. The second-order valence-corrected chi connectivity index (χ2v) is 10.3. The summed E-state index contributed by atoms with van der Waals surface area (Å²) in [7, 11) is -3.48. The number of rotatable bonds is 7. The zero-order valence-corrected chi connectivity index (χ0v) is 19.3. The highest BCUT2D eigenvalue weighted by atomic mass is 32.2. The molecule has 2 fully saturated rings. The average Bonchev–Trinajstić information content (AvgIpc) is 2.85. The van der Waals surface area contributed by atoms with Crippen LogP contribution in [0.1, 0.15) is 12.8 Å². The highest BCUT2D eigenvalue weighted by Crippen LogP contribution is 2.18. The fourth-order valence-corrected chi connectivity index (χ4v) is 5.84. The lowest BCUT2D eigenvalue weighted by molar-refractivity contribution is -0.132. The first kappa shape index (κ1) is 22.8. The minimum atomic E-state index is -3.48. The molecule has 1 amide bonds. The Hall–Kier alpha value is -2.42. The molecule has 2 aliphatic rings. The number of carbonyl (C=O) groups excluding carboxylic acids is 1. The van der Waals surface area contributed by atoms with Crippen LogP contribution in [-0.4, -0.2) is 87.3 Å². The molecule has 4 rings (SSSR count). The first-order valence-electron chi connectivity index (χ1n) is 11.4. The smallest absolute Gasteiger partial charge is 0.243 e. The molecule has 0 aromatic heterocycles. The van der Waals surface area contributed by atoms with E-state index in [1.165, 1.54) is 9.99 Å².